The summed E-state index contributed by atoms with van der Waals surface area (Å²) in [4.78, 5) is 37.2. The molecule has 0 saturated carbocycles. The van der Waals surface area contributed by atoms with Crippen LogP contribution < -0.4 is 11.2 Å². The van der Waals surface area contributed by atoms with E-state index in [-0.39, 0.29) is 24.1 Å². The molecule has 1 amide bonds. The molecule has 4 aromatic rings. The van der Waals surface area contributed by atoms with Crippen molar-refractivity contribution >= 4 is 34.0 Å². The molecule has 0 radical (unpaired) electrons. The number of rotatable bonds is 5. The first-order chi connectivity index (χ1) is 18.7. The van der Waals surface area contributed by atoms with Crippen molar-refractivity contribution in [3.8, 4) is 0 Å². The van der Waals surface area contributed by atoms with Gasteiger partial charge in [0.25, 0.3) is 0 Å². The molecule has 1 aromatic carbocycles. The van der Waals surface area contributed by atoms with Crippen molar-refractivity contribution in [2.45, 2.75) is 44.6 Å². The van der Waals surface area contributed by atoms with Gasteiger partial charge in [-0.1, -0.05) is 12.1 Å². The van der Waals surface area contributed by atoms with Crippen molar-refractivity contribution in [2.24, 2.45) is 0 Å². The Hall–Kier alpha value is -3.91. The predicted octanol–water partition coefficient (Wildman–Crippen LogP) is 4.06. The molecule has 14 heteroatoms. The Bertz CT molecular complexity index is 1630. The Labute approximate surface area is 223 Å². The van der Waals surface area contributed by atoms with Crippen LogP contribution in [0.25, 0.3) is 16.8 Å². The number of carbonyl (C=O) groups is 1. The van der Waals surface area contributed by atoms with E-state index >= 15 is 0 Å². The van der Waals surface area contributed by atoms with Crippen molar-refractivity contribution < 1.29 is 27.2 Å². The fourth-order valence-corrected chi connectivity index (χ4v) is 5.83. The average molecular weight is 561 g/mol. The second kappa shape index (κ2) is 9.68. The molecule has 10 nitrogen and oxygen atoms in total. The molecule has 0 aliphatic carbocycles. The van der Waals surface area contributed by atoms with Gasteiger partial charge < -0.3 is 9.32 Å². The van der Waals surface area contributed by atoms with Gasteiger partial charge in [-0.3, -0.25) is 15.0 Å². The molecule has 1 N–H and O–H groups in total. The number of para-hydroxylation sites is 2. The lowest BCUT2D eigenvalue weighted by Gasteiger charge is -2.31. The number of aryl methyl sites for hydroxylation is 1. The zero-order valence-electron chi connectivity index (χ0n) is 20.6. The van der Waals surface area contributed by atoms with Crippen molar-refractivity contribution in [1.82, 2.24) is 29.7 Å². The number of hydrogen-bond acceptors (Lipinski definition) is 8. The summed E-state index contributed by atoms with van der Waals surface area (Å²) in [7, 11) is 0. The molecule has 1 saturated heterocycles. The molecule has 3 aromatic heterocycles. The number of carbonyl (C=O) groups excluding carboxylic acids is 1. The number of nitrogens with one attached hydrogen (secondary N) is 1. The summed E-state index contributed by atoms with van der Waals surface area (Å²) >= 11 is 1.51. The van der Waals surface area contributed by atoms with Crippen LogP contribution in [0.2, 0.25) is 0 Å². The molecule has 2 aliphatic rings. The molecule has 1 fully saturated rings. The second-order valence-corrected chi connectivity index (χ2v) is 10.3. The lowest BCUT2D eigenvalue weighted by Crippen LogP contribution is -2.40. The summed E-state index contributed by atoms with van der Waals surface area (Å²) in [6.45, 7) is 2.23. The number of oxazole rings is 1. The monoisotopic (exact) mass is 560 g/mol. The number of halogens is 3. The molecule has 5 heterocycles. The SMILES string of the molecule is Cc1cc(C(F)(F)F)nn1CC(=O)N1CCC(c2nc(C3=CC(n4c(=O)oc5ccccc54)ON3)cs2)CC1. The lowest BCUT2D eigenvalue weighted by molar-refractivity contribution is -0.142. The van der Waals surface area contributed by atoms with Gasteiger partial charge in [0, 0.05) is 30.1 Å². The molecule has 6 rings (SSSR count). The van der Waals surface area contributed by atoms with Gasteiger partial charge in [-0.15, -0.1) is 11.3 Å². The Kier molecular flexibility index (Phi) is 6.30. The van der Waals surface area contributed by atoms with Crippen LogP contribution in [-0.2, 0) is 22.4 Å². The fourth-order valence-electron chi connectivity index (χ4n) is 4.84. The molecule has 39 heavy (non-hydrogen) atoms. The third kappa shape index (κ3) is 4.85. The third-order valence-corrected chi connectivity index (χ3v) is 7.93. The maximum Gasteiger partial charge on any atom is 0.435 e. The van der Waals surface area contributed by atoms with E-state index in [9.17, 15) is 22.8 Å². The van der Waals surface area contributed by atoms with Gasteiger partial charge >= 0.3 is 11.9 Å². The van der Waals surface area contributed by atoms with E-state index in [0.29, 0.717) is 48.4 Å². The van der Waals surface area contributed by atoms with Crippen LogP contribution in [0.5, 0.6) is 0 Å². The molecule has 0 bridgehead atoms. The van der Waals surface area contributed by atoms with Gasteiger partial charge in [0.1, 0.15) is 6.54 Å². The van der Waals surface area contributed by atoms with E-state index in [1.165, 1.54) is 22.8 Å². The zero-order chi connectivity index (χ0) is 27.3. The van der Waals surface area contributed by atoms with Crippen molar-refractivity contribution in [1.29, 1.82) is 0 Å². The highest BCUT2D eigenvalue weighted by molar-refractivity contribution is 7.09. The van der Waals surface area contributed by atoms with Gasteiger partial charge in [0.05, 0.1) is 21.9 Å². The Balaban J connectivity index is 1.09. The number of aromatic nitrogens is 4. The highest BCUT2D eigenvalue weighted by Crippen LogP contribution is 2.34. The number of fused-ring (bicyclic) bond motifs is 1. The van der Waals surface area contributed by atoms with Gasteiger partial charge in [0.15, 0.2) is 17.5 Å². The summed E-state index contributed by atoms with van der Waals surface area (Å²) in [6.07, 6.45) is -2.10. The van der Waals surface area contributed by atoms with Crippen LogP contribution in [0.4, 0.5) is 13.2 Å². The number of thiazole rings is 1. The Morgan fingerprint density at radius 3 is 2.74 bits per heavy atom. The van der Waals surface area contributed by atoms with Crippen LogP contribution in [0.15, 0.2) is 51.0 Å². The number of amides is 1. The summed E-state index contributed by atoms with van der Waals surface area (Å²) in [5.41, 5.74) is 4.56. The van der Waals surface area contributed by atoms with Crippen LogP contribution in [-0.4, -0.2) is 43.2 Å². The quantitative estimate of drug-likeness (QED) is 0.392. The summed E-state index contributed by atoms with van der Waals surface area (Å²) in [5.74, 6) is -0.641. The number of benzene rings is 1. The van der Waals surface area contributed by atoms with E-state index in [4.69, 9.17) is 14.2 Å². The zero-order valence-corrected chi connectivity index (χ0v) is 21.5. The van der Waals surface area contributed by atoms with Crippen LogP contribution in [0, 0.1) is 6.92 Å². The van der Waals surface area contributed by atoms with E-state index < -0.39 is 23.9 Å². The maximum absolute atomic E-state index is 12.9. The first-order valence-corrected chi connectivity index (χ1v) is 13.1. The number of nitrogens with zero attached hydrogens (tertiary/aromatic N) is 5. The predicted molar refractivity (Wildman–Crippen MR) is 134 cm³/mol. The average Bonchev–Trinajstić information content (AvgIpc) is 3.69. The second-order valence-electron chi connectivity index (χ2n) is 9.45. The molecular formula is C25H23F3N6O4S. The summed E-state index contributed by atoms with van der Waals surface area (Å²) in [5, 5.41) is 6.38. The topological polar surface area (TPSA) is 107 Å². The fraction of sp³-hybridized carbons (Fsp3) is 0.360. The largest absolute Gasteiger partial charge is 0.435 e. The normalized spacial score (nSPS) is 18.5. The standard InChI is InChI=1S/C25H23F3N6O4S/c1-14-10-20(25(26,27)28)30-33(14)12-21(35)32-8-6-15(7-9-32)23-29-17(13-39-23)16-11-22(38-31-16)34-18-4-2-3-5-19(18)37-24(34)36/h2-5,10-11,13,15,22,31H,6-9,12H2,1H3. The maximum atomic E-state index is 12.9. The first kappa shape index (κ1) is 25.4. The first-order valence-electron chi connectivity index (χ1n) is 12.3. The van der Waals surface area contributed by atoms with Crippen LogP contribution >= 0.6 is 11.3 Å². The van der Waals surface area contributed by atoms with Gasteiger partial charge in [-0.25, -0.2) is 19.2 Å². The van der Waals surface area contributed by atoms with Crippen molar-refractivity contribution in [2.75, 3.05) is 13.1 Å². The highest BCUT2D eigenvalue weighted by Gasteiger charge is 2.35. The number of alkyl halides is 3. The minimum Gasteiger partial charge on any atom is -0.408 e. The van der Waals surface area contributed by atoms with E-state index in [1.54, 1.807) is 29.2 Å². The van der Waals surface area contributed by atoms with Gasteiger partial charge in [0.2, 0.25) is 5.91 Å². The number of piperidine rings is 1. The molecular weight excluding hydrogens is 537 g/mol. The van der Waals surface area contributed by atoms with E-state index in [1.807, 2.05) is 11.4 Å². The molecule has 1 atom stereocenters. The highest BCUT2D eigenvalue weighted by atomic mass is 32.1. The van der Waals surface area contributed by atoms with Gasteiger partial charge in [-0.05, 0) is 44.0 Å². The Morgan fingerprint density at radius 2 is 2.00 bits per heavy atom. The smallest absolute Gasteiger partial charge is 0.408 e. The molecule has 2 aliphatic heterocycles. The molecule has 204 valence electrons. The minimum absolute atomic E-state index is 0.148. The molecule has 0 spiro atoms. The summed E-state index contributed by atoms with van der Waals surface area (Å²) in [6, 6.07) is 8.04. The molecule has 1 unspecified atom stereocenters. The van der Waals surface area contributed by atoms with E-state index in [0.717, 1.165) is 15.8 Å². The van der Waals surface area contributed by atoms with Crippen molar-refractivity contribution in [3.63, 3.8) is 0 Å². The third-order valence-electron chi connectivity index (χ3n) is 6.92. The van der Waals surface area contributed by atoms with Crippen LogP contribution in [0.3, 0.4) is 0 Å². The Morgan fingerprint density at radius 1 is 1.23 bits per heavy atom. The van der Waals surface area contributed by atoms with Crippen LogP contribution in [0.1, 0.15) is 47.1 Å². The number of likely N-dealkylation sites (tertiary alicyclic amines) is 1. The van der Waals surface area contributed by atoms with Gasteiger partial charge in [-0.2, -0.15) is 18.3 Å². The van der Waals surface area contributed by atoms with Crippen molar-refractivity contribution in [3.05, 3.63) is 74.4 Å². The number of hydrogen-bond donors (Lipinski definition) is 1. The van der Waals surface area contributed by atoms with E-state index in [2.05, 4.69) is 10.6 Å². The lowest BCUT2D eigenvalue weighted by atomic mass is 9.97. The number of hydroxylamine groups is 1. The minimum atomic E-state index is -4.55. The summed E-state index contributed by atoms with van der Waals surface area (Å²) < 4.78 is 46.6.